The highest BCUT2D eigenvalue weighted by molar-refractivity contribution is 8.14. The van der Waals surface area contributed by atoms with Crippen LogP contribution >= 0.6 is 11.8 Å². The molecule has 0 unspecified atom stereocenters. The van der Waals surface area contributed by atoms with E-state index < -0.39 is 0 Å². The second-order valence-electron chi connectivity index (χ2n) is 3.33. The first-order valence-corrected chi connectivity index (χ1v) is 5.60. The summed E-state index contributed by atoms with van der Waals surface area (Å²) in [6.45, 7) is 3.84. The molecule has 1 aliphatic heterocycles. The average Bonchev–Trinajstić information content (AvgIpc) is 2.50. The molecule has 1 saturated heterocycles. The van der Waals surface area contributed by atoms with Crippen LogP contribution in [-0.4, -0.2) is 22.8 Å². The summed E-state index contributed by atoms with van der Waals surface area (Å²) in [5.74, 6) is 0.853. The predicted octanol–water partition coefficient (Wildman–Crippen LogP) is 1.18. The van der Waals surface area contributed by atoms with E-state index >= 15 is 0 Å². The molecule has 1 fully saturated rings. The van der Waals surface area contributed by atoms with Crippen LogP contribution in [0.25, 0.3) is 0 Å². The molecule has 1 heterocycles. The molecule has 1 amide bonds. The number of carbonyl (C=O) groups is 2. The molecule has 13 heavy (non-hydrogen) atoms. The van der Waals surface area contributed by atoms with Gasteiger partial charge in [-0.1, -0.05) is 25.6 Å². The van der Waals surface area contributed by atoms with Crippen LogP contribution in [0.1, 0.15) is 26.7 Å². The van der Waals surface area contributed by atoms with Crippen LogP contribution in [0.4, 0.5) is 0 Å². The summed E-state index contributed by atoms with van der Waals surface area (Å²) in [6.07, 6.45) is 1.60. The van der Waals surface area contributed by atoms with Crippen LogP contribution in [-0.2, 0) is 9.59 Å². The van der Waals surface area contributed by atoms with Crippen LogP contribution in [0.15, 0.2) is 0 Å². The Morgan fingerprint density at radius 1 is 1.77 bits per heavy atom. The molecular formula is C9H15NO2S. The van der Waals surface area contributed by atoms with Crippen molar-refractivity contribution < 1.29 is 9.59 Å². The van der Waals surface area contributed by atoms with E-state index in [1.54, 1.807) is 0 Å². The molecule has 1 rings (SSSR count). The minimum Gasteiger partial charge on any atom is -0.345 e. The highest BCUT2D eigenvalue weighted by Gasteiger charge is 2.27. The largest absolute Gasteiger partial charge is 0.345 e. The lowest BCUT2D eigenvalue weighted by Crippen LogP contribution is -2.39. The van der Waals surface area contributed by atoms with Gasteiger partial charge in [0.1, 0.15) is 0 Å². The van der Waals surface area contributed by atoms with Gasteiger partial charge in [0, 0.05) is 11.7 Å². The Morgan fingerprint density at radius 2 is 2.46 bits per heavy atom. The van der Waals surface area contributed by atoms with E-state index in [1.165, 1.54) is 11.8 Å². The molecule has 0 aliphatic carbocycles. The Kier molecular flexibility index (Phi) is 3.78. The number of nitrogens with one attached hydrogen (secondary N) is 1. The number of hydrogen-bond acceptors (Lipinski definition) is 3. The van der Waals surface area contributed by atoms with Gasteiger partial charge >= 0.3 is 0 Å². The topological polar surface area (TPSA) is 46.2 Å². The first-order valence-electron chi connectivity index (χ1n) is 4.62. The van der Waals surface area contributed by atoms with Crippen LogP contribution in [0, 0.1) is 5.92 Å². The molecular weight excluding hydrogens is 186 g/mol. The fourth-order valence-corrected chi connectivity index (χ4v) is 2.06. The molecule has 0 aromatic carbocycles. The third-order valence-electron chi connectivity index (χ3n) is 2.31. The summed E-state index contributed by atoms with van der Waals surface area (Å²) >= 11 is 1.31. The number of thioether (sulfide) groups is 1. The first-order chi connectivity index (χ1) is 6.15. The van der Waals surface area contributed by atoms with Crippen LogP contribution < -0.4 is 5.32 Å². The lowest BCUT2D eigenvalue weighted by Gasteiger charge is -2.13. The number of carbonyl (C=O) groups excluding carboxylic acids is 2. The zero-order valence-corrected chi connectivity index (χ0v) is 8.82. The van der Waals surface area contributed by atoms with E-state index in [4.69, 9.17) is 0 Å². The highest BCUT2D eigenvalue weighted by Crippen LogP contribution is 2.19. The molecule has 0 aromatic heterocycles. The predicted molar refractivity (Wildman–Crippen MR) is 53.5 cm³/mol. The molecule has 4 heteroatoms. The first kappa shape index (κ1) is 10.6. The smallest absolute Gasteiger partial charge is 0.223 e. The summed E-state index contributed by atoms with van der Waals surface area (Å²) in [6, 6.07) is -0.230. The van der Waals surface area contributed by atoms with Gasteiger partial charge in [0.2, 0.25) is 11.0 Å². The Labute approximate surface area is 82.6 Å². The van der Waals surface area contributed by atoms with Crippen molar-refractivity contribution in [1.29, 1.82) is 0 Å². The molecule has 0 radical (unpaired) electrons. The fourth-order valence-electron chi connectivity index (χ4n) is 1.13. The zero-order chi connectivity index (χ0) is 9.84. The van der Waals surface area contributed by atoms with Crippen LogP contribution in [0.2, 0.25) is 0 Å². The van der Waals surface area contributed by atoms with Crippen molar-refractivity contribution in [3.63, 3.8) is 0 Å². The van der Waals surface area contributed by atoms with Gasteiger partial charge in [-0.2, -0.15) is 0 Å². The van der Waals surface area contributed by atoms with Gasteiger partial charge in [-0.25, -0.2) is 0 Å². The summed E-state index contributed by atoms with van der Waals surface area (Å²) in [5, 5.41) is 2.88. The van der Waals surface area contributed by atoms with Crippen molar-refractivity contribution in [3.05, 3.63) is 0 Å². The second kappa shape index (κ2) is 4.65. The summed E-state index contributed by atoms with van der Waals surface area (Å²) in [7, 11) is 0. The SMILES string of the molecule is CC[C@@H](C)C(=O)N[C@H]1CCSC1=O. The molecule has 1 aliphatic rings. The van der Waals surface area contributed by atoms with Crippen LogP contribution in [0.3, 0.4) is 0 Å². The highest BCUT2D eigenvalue weighted by atomic mass is 32.2. The maximum atomic E-state index is 11.4. The monoisotopic (exact) mass is 201 g/mol. The Bertz CT molecular complexity index is 218. The third-order valence-corrected chi connectivity index (χ3v) is 3.32. The van der Waals surface area contributed by atoms with Crippen molar-refractivity contribution in [3.8, 4) is 0 Å². The van der Waals surface area contributed by atoms with Gasteiger partial charge in [0.25, 0.3) is 0 Å². The third kappa shape index (κ3) is 2.72. The molecule has 74 valence electrons. The second-order valence-corrected chi connectivity index (χ2v) is 4.43. The Morgan fingerprint density at radius 3 is 2.92 bits per heavy atom. The molecule has 3 nitrogen and oxygen atoms in total. The van der Waals surface area contributed by atoms with E-state index in [1.807, 2.05) is 13.8 Å². The summed E-state index contributed by atoms with van der Waals surface area (Å²) in [4.78, 5) is 22.6. The minimum atomic E-state index is -0.230. The van der Waals surface area contributed by atoms with Crippen molar-refractivity contribution in [2.75, 3.05) is 5.75 Å². The minimum absolute atomic E-state index is 0.00310. The van der Waals surface area contributed by atoms with E-state index in [-0.39, 0.29) is 23.0 Å². The summed E-state index contributed by atoms with van der Waals surface area (Å²) < 4.78 is 0. The van der Waals surface area contributed by atoms with Gasteiger partial charge in [0.05, 0.1) is 6.04 Å². The quantitative estimate of drug-likeness (QED) is 0.746. The lowest BCUT2D eigenvalue weighted by molar-refractivity contribution is -0.127. The van der Waals surface area contributed by atoms with Gasteiger partial charge in [-0.3, -0.25) is 9.59 Å². The van der Waals surface area contributed by atoms with E-state index in [2.05, 4.69) is 5.32 Å². The van der Waals surface area contributed by atoms with E-state index in [0.29, 0.717) is 0 Å². The van der Waals surface area contributed by atoms with Crippen LogP contribution in [0.5, 0.6) is 0 Å². The number of amides is 1. The van der Waals surface area contributed by atoms with Crippen molar-refractivity contribution in [2.45, 2.75) is 32.7 Å². The molecule has 0 bridgehead atoms. The summed E-state index contributed by atoms with van der Waals surface area (Å²) in [5.41, 5.74) is 0. The molecule has 0 spiro atoms. The van der Waals surface area contributed by atoms with Crippen molar-refractivity contribution >= 4 is 22.8 Å². The van der Waals surface area contributed by atoms with Crippen molar-refractivity contribution in [2.24, 2.45) is 5.92 Å². The van der Waals surface area contributed by atoms with Crippen molar-refractivity contribution in [1.82, 2.24) is 5.32 Å². The Balaban J connectivity index is 2.39. The Hall–Kier alpha value is -0.510. The van der Waals surface area contributed by atoms with Gasteiger partial charge in [-0.05, 0) is 12.8 Å². The molecule has 1 N–H and O–H groups in total. The fraction of sp³-hybridized carbons (Fsp3) is 0.778. The van der Waals surface area contributed by atoms with Gasteiger partial charge in [0.15, 0.2) is 0 Å². The maximum Gasteiger partial charge on any atom is 0.223 e. The van der Waals surface area contributed by atoms with Gasteiger partial charge in [-0.15, -0.1) is 0 Å². The van der Waals surface area contributed by atoms with Gasteiger partial charge < -0.3 is 5.32 Å². The maximum absolute atomic E-state index is 11.4. The average molecular weight is 201 g/mol. The molecule has 0 aromatic rings. The lowest BCUT2D eigenvalue weighted by atomic mass is 10.1. The van der Waals surface area contributed by atoms with E-state index in [9.17, 15) is 9.59 Å². The standard InChI is InChI=1S/C9H15NO2S/c1-3-6(2)8(11)10-7-4-5-13-9(7)12/h6-7H,3-5H2,1-2H3,(H,10,11)/t6-,7+/m1/s1. The molecule has 0 saturated carbocycles. The molecule has 2 atom stereocenters. The zero-order valence-electron chi connectivity index (χ0n) is 8.00. The number of rotatable bonds is 3. The normalized spacial score (nSPS) is 24.5. The number of hydrogen-bond donors (Lipinski definition) is 1. The van der Waals surface area contributed by atoms with E-state index in [0.717, 1.165) is 18.6 Å².